The third-order valence-electron chi connectivity index (χ3n) is 12.0. The largest absolute Gasteiger partial charge is 0.484 e. The molecule has 2 fully saturated rings. The van der Waals surface area contributed by atoms with Crippen molar-refractivity contribution < 1.29 is 56.6 Å². The van der Waals surface area contributed by atoms with Crippen molar-refractivity contribution >= 4 is 81.4 Å². The summed E-state index contributed by atoms with van der Waals surface area (Å²) >= 11 is 7.11. The van der Waals surface area contributed by atoms with E-state index >= 15 is 0 Å². The highest BCUT2D eigenvalue weighted by Gasteiger charge is 2.51. The van der Waals surface area contributed by atoms with Gasteiger partial charge in [-0.05, 0) is 92.5 Å². The van der Waals surface area contributed by atoms with E-state index in [1.165, 1.54) is 78.7 Å². The molecule has 24 heteroatoms. The minimum Gasteiger partial charge on any atom is -0.484 e. The molecule has 7 amide bonds. The molecule has 0 radical (unpaired) electrons. The van der Waals surface area contributed by atoms with Crippen molar-refractivity contribution in [2.45, 2.75) is 78.4 Å². The Morgan fingerprint density at radius 3 is 2.05 bits per heavy atom. The molecule has 0 spiro atoms. The maximum absolute atomic E-state index is 13.7. The number of β-amino-alcohol motifs (C(OH)–C–C–N with tert-alkyl or cyclic N) is 1. The summed E-state index contributed by atoms with van der Waals surface area (Å²) < 4.78 is 46.8. The number of ether oxygens (including phenoxy) is 1. The SMILES string of the molecule is CC(C)C.Cc1ncsc1-c1ccc(CNC(=O)C2C[C@H](O)CN2C(=O)CNC(=O)CN(C)C(=O)CN(C)C(=O)CN(C)C(=O)COc2ccc(N3C(=S)N(c4ccc(C#N)c(C(F)(F)F)c4)C(=O)C3(C)C)cc2)cc1. The van der Waals surface area contributed by atoms with Crippen molar-refractivity contribution in [3.63, 3.8) is 0 Å². The molecule has 1 unspecified atom stereocenters. The summed E-state index contributed by atoms with van der Waals surface area (Å²) in [6.45, 7) is 9.25. The van der Waals surface area contributed by atoms with Crippen LogP contribution in [0.5, 0.6) is 5.75 Å². The van der Waals surface area contributed by atoms with E-state index in [0.29, 0.717) is 11.8 Å². The molecule has 0 bridgehead atoms. The summed E-state index contributed by atoms with van der Waals surface area (Å²) in [6.07, 6.45) is -5.79. The molecular weight excluding hydrogens is 1030 g/mol. The van der Waals surface area contributed by atoms with Crippen molar-refractivity contribution in [3.8, 4) is 22.3 Å². The zero-order valence-corrected chi connectivity index (χ0v) is 45.2. The van der Waals surface area contributed by atoms with E-state index in [1.807, 2.05) is 31.2 Å². The van der Waals surface area contributed by atoms with Crippen molar-refractivity contribution in [2.24, 2.45) is 5.92 Å². The molecule has 2 aliphatic heterocycles. The maximum atomic E-state index is 13.7. The van der Waals surface area contributed by atoms with Crippen molar-refractivity contribution in [2.75, 3.05) is 70.3 Å². The van der Waals surface area contributed by atoms with Crippen LogP contribution in [0, 0.1) is 24.2 Å². The predicted molar refractivity (Wildman–Crippen MR) is 281 cm³/mol. The van der Waals surface area contributed by atoms with Gasteiger partial charge in [-0.2, -0.15) is 18.4 Å². The number of hydrogen-bond donors (Lipinski definition) is 3. The molecule has 3 N–H and O–H groups in total. The molecule has 3 heterocycles. The lowest BCUT2D eigenvalue weighted by Crippen LogP contribution is -2.50. The highest BCUT2D eigenvalue weighted by Crippen LogP contribution is 2.40. The Morgan fingerprint density at radius 2 is 1.49 bits per heavy atom. The summed E-state index contributed by atoms with van der Waals surface area (Å²) in [5.41, 5.74) is 1.58. The molecular formula is C52H61F3N10O9S2. The number of rotatable bonds is 17. The van der Waals surface area contributed by atoms with E-state index in [1.54, 1.807) is 19.4 Å². The number of nitrogens with one attached hydrogen (secondary N) is 2. The van der Waals surface area contributed by atoms with Gasteiger partial charge in [0.1, 0.15) is 17.3 Å². The fourth-order valence-electron chi connectivity index (χ4n) is 7.86. The first-order valence-electron chi connectivity index (χ1n) is 23.9. The lowest BCUT2D eigenvalue weighted by molar-refractivity contribution is -0.143. The average Bonchev–Trinajstić information content (AvgIpc) is 4.03. The first-order valence-corrected chi connectivity index (χ1v) is 25.2. The van der Waals surface area contributed by atoms with Crippen molar-refractivity contribution in [1.29, 1.82) is 5.26 Å². The van der Waals surface area contributed by atoms with Gasteiger partial charge in [-0.3, -0.25) is 38.5 Å². The van der Waals surface area contributed by atoms with Gasteiger partial charge >= 0.3 is 6.18 Å². The second kappa shape index (κ2) is 25.4. The Labute approximate surface area is 448 Å². The van der Waals surface area contributed by atoms with E-state index < -0.39 is 109 Å². The van der Waals surface area contributed by atoms with Crippen molar-refractivity contribution in [1.82, 2.24) is 35.2 Å². The van der Waals surface area contributed by atoms with Crippen LogP contribution in [0.25, 0.3) is 10.4 Å². The van der Waals surface area contributed by atoms with Gasteiger partial charge in [0.15, 0.2) is 11.7 Å². The number of hydrogen-bond acceptors (Lipinski definition) is 13. The van der Waals surface area contributed by atoms with Crippen LogP contribution < -0.4 is 25.2 Å². The Balaban J connectivity index is 0.00000257. The molecule has 6 rings (SSSR count). The van der Waals surface area contributed by atoms with Gasteiger partial charge < -0.3 is 45.0 Å². The first kappa shape index (κ1) is 59.4. The highest BCUT2D eigenvalue weighted by atomic mass is 32.1. The Kier molecular flexibility index (Phi) is 19.8. The summed E-state index contributed by atoms with van der Waals surface area (Å²) in [5.74, 6) is -3.15. The number of carbonyl (C=O) groups is 7. The number of halogens is 3. The minimum atomic E-state index is -4.86. The zero-order valence-electron chi connectivity index (χ0n) is 43.6. The number of nitrogens with zero attached hydrogens (tertiary/aromatic N) is 8. The van der Waals surface area contributed by atoms with E-state index in [2.05, 4.69) is 36.4 Å². The van der Waals surface area contributed by atoms with E-state index in [4.69, 9.17) is 17.0 Å². The number of benzene rings is 3. The highest BCUT2D eigenvalue weighted by molar-refractivity contribution is 7.81. The average molecular weight is 1090 g/mol. The molecule has 1 aromatic heterocycles. The van der Waals surface area contributed by atoms with Gasteiger partial charge in [0.2, 0.25) is 29.5 Å². The summed E-state index contributed by atoms with van der Waals surface area (Å²) in [7, 11) is 4.02. The number of nitriles is 1. The smallest absolute Gasteiger partial charge is 0.417 e. The molecule has 19 nitrogen and oxygen atoms in total. The number of thiazole rings is 1. The van der Waals surface area contributed by atoms with Crippen LogP contribution >= 0.6 is 23.6 Å². The lowest BCUT2D eigenvalue weighted by atomic mass is 10.0. The zero-order chi connectivity index (χ0) is 56.4. The van der Waals surface area contributed by atoms with Crippen LogP contribution in [-0.2, 0) is 46.3 Å². The number of likely N-dealkylation sites (tertiary alicyclic amines) is 1. The van der Waals surface area contributed by atoms with Crippen LogP contribution in [0.4, 0.5) is 24.5 Å². The van der Waals surface area contributed by atoms with Crippen LogP contribution in [-0.4, -0.2) is 154 Å². The minimum absolute atomic E-state index is 0.0153. The van der Waals surface area contributed by atoms with Gasteiger partial charge in [0.05, 0.1) is 71.2 Å². The number of amides is 7. The topological polar surface area (TPSA) is 229 Å². The van der Waals surface area contributed by atoms with Gasteiger partial charge in [-0.15, -0.1) is 11.3 Å². The molecule has 4 aromatic rings. The molecule has 76 heavy (non-hydrogen) atoms. The Hall–Kier alpha value is -7.49. The molecule has 406 valence electrons. The number of aliphatic hydroxyl groups is 1. The first-order chi connectivity index (χ1) is 35.6. The van der Waals surface area contributed by atoms with E-state index in [0.717, 1.165) is 53.3 Å². The second-order valence-electron chi connectivity index (χ2n) is 19.3. The van der Waals surface area contributed by atoms with Crippen LogP contribution in [0.1, 0.15) is 63.4 Å². The van der Waals surface area contributed by atoms with Gasteiger partial charge in [-0.25, -0.2) is 4.98 Å². The molecule has 0 aliphatic carbocycles. The van der Waals surface area contributed by atoms with Crippen LogP contribution in [0.15, 0.2) is 72.2 Å². The number of alkyl halides is 3. The van der Waals surface area contributed by atoms with Gasteiger partial charge in [0, 0.05) is 46.3 Å². The molecule has 2 atom stereocenters. The quantitative estimate of drug-likeness (QED) is 0.122. The normalized spacial score (nSPS) is 15.9. The lowest BCUT2D eigenvalue weighted by Gasteiger charge is -2.29. The standard InChI is InChI=1S/C48H51F3N10O9S2.C4H10/c1-28-43(72-27-55-28)30-9-7-29(8-10-30)20-54-44(68)37-18-34(62)22-59(37)39(64)21-53-38(63)23-56(4)40(65)24-57(5)41(66)25-58(6)42(67)26-70-35-15-13-32(14-16-35)61-46(71)60(45(69)47(61,2)3)33-12-11-31(19-52)36(17-33)48(49,50)51;1-4(2)3/h7-17,27,34,37,62H,18,20-26H2,1-6H3,(H,53,63)(H,54,68);4H,1-3H3/t34-,37?;/m0./s1. The summed E-state index contributed by atoms with van der Waals surface area (Å²) in [5, 5.41) is 24.7. The molecule has 0 saturated carbocycles. The number of aromatic nitrogens is 1. The fourth-order valence-corrected chi connectivity index (χ4v) is 9.20. The molecule has 2 saturated heterocycles. The third-order valence-corrected chi connectivity index (χ3v) is 13.3. The summed E-state index contributed by atoms with van der Waals surface area (Å²) in [6, 6.07) is 17.1. The monoisotopic (exact) mass is 1090 g/mol. The number of thiocarbonyl (C=S) groups is 1. The fraction of sp³-hybridized carbons (Fsp3) is 0.423. The van der Waals surface area contributed by atoms with Gasteiger partial charge in [-0.1, -0.05) is 45.0 Å². The Bertz CT molecular complexity index is 2850. The van der Waals surface area contributed by atoms with E-state index in [-0.39, 0.29) is 36.1 Å². The number of anilines is 2. The van der Waals surface area contributed by atoms with Crippen LogP contribution in [0.3, 0.4) is 0 Å². The number of likely N-dealkylation sites (N-methyl/N-ethyl adjacent to an activating group) is 3. The Morgan fingerprint density at radius 1 is 0.908 bits per heavy atom. The number of aryl methyl sites for hydroxylation is 1. The molecule has 3 aromatic carbocycles. The predicted octanol–water partition coefficient (Wildman–Crippen LogP) is 4.74. The molecule has 2 aliphatic rings. The number of carbonyl (C=O) groups excluding carboxylic acids is 7. The van der Waals surface area contributed by atoms with Crippen LogP contribution in [0.2, 0.25) is 0 Å². The third kappa shape index (κ3) is 14.9. The van der Waals surface area contributed by atoms with E-state index in [9.17, 15) is 57.1 Å². The van der Waals surface area contributed by atoms with Crippen molar-refractivity contribution in [3.05, 3.63) is 94.6 Å². The summed E-state index contributed by atoms with van der Waals surface area (Å²) in [4.78, 5) is 104. The maximum Gasteiger partial charge on any atom is 0.417 e. The number of aliphatic hydroxyl groups excluding tert-OH is 1. The van der Waals surface area contributed by atoms with Gasteiger partial charge in [0.25, 0.3) is 11.8 Å². The second-order valence-corrected chi connectivity index (χ2v) is 20.6.